The number of aromatic nitrogens is 1. The van der Waals surface area contributed by atoms with Crippen LogP contribution >= 0.6 is 0 Å². The van der Waals surface area contributed by atoms with Crippen LogP contribution in [-0.2, 0) is 22.3 Å². The van der Waals surface area contributed by atoms with Gasteiger partial charge in [-0.1, -0.05) is 19.3 Å². The molecular formula is C28H37F3N4O3. The zero-order chi connectivity index (χ0) is 27.6. The molecule has 1 saturated heterocycles. The third-order valence-electron chi connectivity index (χ3n) is 8.17. The Morgan fingerprint density at radius 1 is 1.08 bits per heavy atom. The number of likely N-dealkylation sites (tertiary alicyclic amines) is 1. The molecule has 1 aliphatic carbocycles. The quantitative estimate of drug-likeness (QED) is 0.488. The number of hydrogen-bond acceptors (Lipinski definition) is 4. The molecule has 4 rings (SSSR count). The first-order chi connectivity index (χ1) is 18.0. The lowest BCUT2D eigenvalue weighted by atomic mass is 9.83. The van der Waals surface area contributed by atoms with Gasteiger partial charge in [0.05, 0.1) is 11.6 Å². The van der Waals surface area contributed by atoms with Crippen LogP contribution in [0.5, 0.6) is 0 Å². The summed E-state index contributed by atoms with van der Waals surface area (Å²) in [6.07, 6.45) is 3.57. The van der Waals surface area contributed by atoms with Crippen LogP contribution in [-0.4, -0.2) is 58.8 Å². The van der Waals surface area contributed by atoms with Gasteiger partial charge in [-0.3, -0.25) is 14.4 Å². The van der Waals surface area contributed by atoms with E-state index in [0.717, 1.165) is 57.1 Å². The molecule has 2 aromatic rings. The number of ketones is 1. The zero-order valence-corrected chi connectivity index (χ0v) is 22.2. The van der Waals surface area contributed by atoms with Crippen LogP contribution in [0.3, 0.4) is 0 Å². The molecular weight excluding hydrogens is 497 g/mol. The summed E-state index contributed by atoms with van der Waals surface area (Å²) < 4.78 is 41.8. The van der Waals surface area contributed by atoms with Crippen LogP contribution in [0.4, 0.5) is 13.2 Å². The van der Waals surface area contributed by atoms with Crippen LogP contribution in [0, 0.1) is 5.92 Å². The lowest BCUT2D eigenvalue weighted by Gasteiger charge is -2.35. The maximum atomic E-state index is 13.9. The third-order valence-corrected chi connectivity index (χ3v) is 8.17. The van der Waals surface area contributed by atoms with E-state index in [9.17, 15) is 27.6 Å². The molecule has 208 valence electrons. The van der Waals surface area contributed by atoms with E-state index < -0.39 is 23.8 Å². The molecule has 7 nitrogen and oxygen atoms in total. The number of fused-ring (bicyclic) bond motifs is 1. The number of amides is 2. The molecule has 2 aliphatic rings. The normalized spacial score (nSPS) is 20.5. The second-order valence-corrected chi connectivity index (χ2v) is 10.7. The molecule has 2 N–H and O–H groups in total. The van der Waals surface area contributed by atoms with Gasteiger partial charge in [0.2, 0.25) is 11.8 Å². The van der Waals surface area contributed by atoms with E-state index >= 15 is 0 Å². The molecule has 0 bridgehead atoms. The molecule has 1 aromatic carbocycles. The molecule has 3 atom stereocenters. The van der Waals surface area contributed by atoms with Crippen LogP contribution in [0.25, 0.3) is 10.9 Å². The topological polar surface area (TPSA) is 83.4 Å². The first-order valence-corrected chi connectivity index (χ1v) is 13.5. The highest BCUT2D eigenvalue weighted by atomic mass is 19.4. The van der Waals surface area contributed by atoms with Crippen molar-refractivity contribution >= 4 is 28.5 Å². The van der Waals surface area contributed by atoms with E-state index in [2.05, 4.69) is 10.6 Å². The average molecular weight is 535 g/mol. The number of carbonyl (C=O) groups excluding carboxylic acids is 3. The number of nitrogens with one attached hydrogen (secondary N) is 2. The molecule has 1 aliphatic heterocycles. The first-order valence-electron chi connectivity index (χ1n) is 13.5. The van der Waals surface area contributed by atoms with Crippen molar-refractivity contribution in [1.29, 1.82) is 0 Å². The van der Waals surface area contributed by atoms with Gasteiger partial charge < -0.3 is 20.1 Å². The Balaban J connectivity index is 1.61. The van der Waals surface area contributed by atoms with Gasteiger partial charge in [0.1, 0.15) is 6.04 Å². The Bertz CT molecular complexity index is 1190. The fourth-order valence-electron chi connectivity index (χ4n) is 5.88. The minimum absolute atomic E-state index is 0.0722. The van der Waals surface area contributed by atoms with Crippen molar-refractivity contribution in [3.63, 3.8) is 0 Å². The van der Waals surface area contributed by atoms with E-state index in [1.807, 2.05) is 4.90 Å². The second kappa shape index (κ2) is 11.5. The number of hydrogen-bond donors (Lipinski definition) is 2. The van der Waals surface area contributed by atoms with Gasteiger partial charge in [-0.15, -0.1) is 0 Å². The fourth-order valence-corrected chi connectivity index (χ4v) is 5.88. The molecule has 0 radical (unpaired) electrons. The number of carbonyl (C=O) groups is 3. The van der Waals surface area contributed by atoms with Gasteiger partial charge in [0.15, 0.2) is 5.78 Å². The highest BCUT2D eigenvalue weighted by molar-refractivity contribution is 6.07. The predicted molar refractivity (Wildman–Crippen MR) is 139 cm³/mol. The van der Waals surface area contributed by atoms with E-state index in [1.54, 1.807) is 24.7 Å². The molecule has 1 saturated carbocycles. The summed E-state index contributed by atoms with van der Waals surface area (Å²) in [6.45, 7) is 4.01. The lowest BCUT2D eigenvalue weighted by Crippen LogP contribution is -2.56. The largest absolute Gasteiger partial charge is 0.416 e. The Hall–Kier alpha value is -2.88. The summed E-state index contributed by atoms with van der Waals surface area (Å²) in [4.78, 5) is 40.8. The average Bonchev–Trinajstić information content (AvgIpc) is 3.51. The number of nitrogens with zero attached hydrogens (tertiary/aromatic N) is 2. The highest BCUT2D eigenvalue weighted by Gasteiger charge is 2.39. The van der Waals surface area contributed by atoms with Crippen LogP contribution in [0.15, 0.2) is 24.4 Å². The summed E-state index contributed by atoms with van der Waals surface area (Å²) >= 11 is 0. The Morgan fingerprint density at radius 3 is 2.42 bits per heavy atom. The van der Waals surface area contributed by atoms with E-state index in [4.69, 9.17) is 0 Å². The molecule has 2 heterocycles. The van der Waals surface area contributed by atoms with E-state index in [0.29, 0.717) is 18.6 Å². The molecule has 1 aromatic heterocycles. The smallest absolute Gasteiger partial charge is 0.345 e. The summed E-state index contributed by atoms with van der Waals surface area (Å²) in [6, 6.07) is 2.22. The first kappa shape index (κ1) is 28.1. The standard InChI is InChI=1S/C28H37F3N4O3/c1-17(32-3)26(37)33-25(19-8-5-4-6-9-19)27(38)35-13-7-10-21(35)15-34-16-23(18(2)36)22-14-20(28(29,30)31)11-12-24(22)34/h11-12,14,16-17,19,21,25,32H,4-10,13,15H2,1-3H3,(H,33,37). The van der Waals surface area contributed by atoms with Gasteiger partial charge >= 0.3 is 6.18 Å². The number of benzene rings is 1. The van der Waals surface area contributed by atoms with Crippen molar-refractivity contribution in [2.45, 2.75) is 89.6 Å². The number of rotatable bonds is 8. The van der Waals surface area contributed by atoms with Crippen molar-refractivity contribution in [3.8, 4) is 0 Å². The second-order valence-electron chi connectivity index (χ2n) is 10.7. The van der Waals surface area contributed by atoms with Crippen molar-refractivity contribution in [3.05, 3.63) is 35.5 Å². The Labute approximate surface area is 221 Å². The molecule has 2 amide bonds. The van der Waals surface area contributed by atoms with Crippen LogP contribution in [0.1, 0.15) is 74.7 Å². The minimum Gasteiger partial charge on any atom is -0.345 e. The van der Waals surface area contributed by atoms with Gasteiger partial charge in [0, 0.05) is 41.8 Å². The Kier molecular flexibility index (Phi) is 8.49. The van der Waals surface area contributed by atoms with Gasteiger partial charge in [-0.25, -0.2) is 0 Å². The number of Topliss-reactive ketones (excluding diaryl/α,β-unsaturated/α-hetero) is 1. The minimum atomic E-state index is -4.51. The molecule has 2 fully saturated rings. The monoisotopic (exact) mass is 534 g/mol. The number of likely N-dealkylation sites (N-methyl/N-ethyl adjacent to an activating group) is 1. The molecule has 0 spiro atoms. The number of halogens is 3. The maximum Gasteiger partial charge on any atom is 0.416 e. The molecule has 10 heteroatoms. The van der Waals surface area contributed by atoms with Crippen molar-refractivity contribution < 1.29 is 27.6 Å². The van der Waals surface area contributed by atoms with E-state index in [-0.39, 0.29) is 40.5 Å². The third kappa shape index (κ3) is 5.90. The van der Waals surface area contributed by atoms with Crippen LogP contribution in [0.2, 0.25) is 0 Å². The Morgan fingerprint density at radius 2 is 1.79 bits per heavy atom. The van der Waals surface area contributed by atoms with E-state index in [1.165, 1.54) is 13.0 Å². The summed E-state index contributed by atoms with van der Waals surface area (Å²) in [7, 11) is 1.70. The lowest BCUT2D eigenvalue weighted by molar-refractivity contribution is -0.139. The van der Waals surface area contributed by atoms with Crippen molar-refractivity contribution in [1.82, 2.24) is 20.1 Å². The zero-order valence-electron chi connectivity index (χ0n) is 22.2. The van der Waals surface area contributed by atoms with Gasteiger partial charge in [-0.05, 0) is 70.7 Å². The van der Waals surface area contributed by atoms with Crippen LogP contribution < -0.4 is 10.6 Å². The number of alkyl halides is 3. The highest BCUT2D eigenvalue weighted by Crippen LogP contribution is 2.34. The molecule has 38 heavy (non-hydrogen) atoms. The molecule has 3 unspecified atom stereocenters. The summed E-state index contributed by atoms with van der Waals surface area (Å²) in [5.41, 5.74) is -0.0392. The van der Waals surface area contributed by atoms with Crippen molar-refractivity contribution in [2.75, 3.05) is 13.6 Å². The predicted octanol–water partition coefficient (Wildman–Crippen LogP) is 4.53. The SMILES string of the molecule is CNC(C)C(=O)NC(C(=O)N1CCCC1Cn1cc(C(C)=O)c2cc(C(F)(F)F)ccc21)C1CCCCC1. The van der Waals surface area contributed by atoms with Gasteiger partial charge in [-0.2, -0.15) is 13.2 Å². The van der Waals surface area contributed by atoms with Crippen molar-refractivity contribution in [2.24, 2.45) is 5.92 Å². The maximum absolute atomic E-state index is 13.9. The summed E-state index contributed by atoms with van der Waals surface area (Å²) in [5, 5.41) is 6.20. The van der Waals surface area contributed by atoms with Gasteiger partial charge in [0.25, 0.3) is 0 Å². The summed E-state index contributed by atoms with van der Waals surface area (Å²) in [5.74, 6) is -0.553. The fraction of sp³-hybridized carbons (Fsp3) is 0.607.